The van der Waals surface area contributed by atoms with Crippen molar-refractivity contribution in [2.75, 3.05) is 13.2 Å². The van der Waals surface area contributed by atoms with Crippen molar-refractivity contribution >= 4 is 29.7 Å². The summed E-state index contributed by atoms with van der Waals surface area (Å²) in [6.07, 6.45) is 2.21. The van der Waals surface area contributed by atoms with Crippen LogP contribution >= 0.6 is 0 Å². The van der Waals surface area contributed by atoms with Gasteiger partial charge in [0, 0.05) is 13.0 Å². The molecule has 1 aromatic carbocycles. The summed E-state index contributed by atoms with van der Waals surface area (Å²) in [5.41, 5.74) is 0.319. The van der Waals surface area contributed by atoms with Gasteiger partial charge in [0.05, 0.1) is 17.7 Å². The van der Waals surface area contributed by atoms with E-state index in [0.717, 1.165) is 24.2 Å². The average molecular weight is 417 g/mol. The molecule has 0 saturated carbocycles. The monoisotopic (exact) mass is 417 g/mol. The van der Waals surface area contributed by atoms with Crippen molar-refractivity contribution in [2.24, 2.45) is 0 Å². The van der Waals surface area contributed by atoms with Gasteiger partial charge >= 0.3 is 6.09 Å². The molecule has 0 spiro atoms. The Morgan fingerprint density at radius 3 is 2.63 bits per heavy atom. The molecule has 10 heteroatoms. The Balaban J connectivity index is 1.58. The number of fused-ring (bicyclic) bond motifs is 1. The molecule has 3 rings (SSSR count). The molecule has 0 aliphatic carbocycles. The maximum absolute atomic E-state index is 12.9. The molecule has 1 saturated heterocycles. The number of amides is 5. The van der Waals surface area contributed by atoms with Crippen LogP contribution in [0.2, 0.25) is 0 Å². The molecular formula is C20H23N3O7. The summed E-state index contributed by atoms with van der Waals surface area (Å²) in [7, 11) is 0. The highest BCUT2D eigenvalue weighted by Gasteiger charge is 2.45. The van der Waals surface area contributed by atoms with Crippen LogP contribution in [-0.4, -0.2) is 58.9 Å². The number of carbonyl (C=O) groups excluding carboxylic acids is 4. The Kier molecular flexibility index (Phi) is 6.65. The minimum absolute atomic E-state index is 0.0646. The standard InChI is InChI=1S/C20H23N3O7/c24-15-9-8-13(17(25)22-15)23-18(26)12-6-5-7-14(16(12)19(23)27)30-11-4-2-1-3-10-21-20(28)29/h5-7,13,21H,1-4,8-11H2,(H,28,29)(H,22,24,25). The second-order valence-corrected chi connectivity index (χ2v) is 7.12. The zero-order valence-electron chi connectivity index (χ0n) is 16.3. The van der Waals surface area contributed by atoms with Gasteiger partial charge in [-0.15, -0.1) is 0 Å². The average Bonchev–Trinajstić information content (AvgIpc) is 2.95. The number of hydrogen-bond donors (Lipinski definition) is 3. The third-order valence-electron chi connectivity index (χ3n) is 5.03. The number of carboxylic acid groups (broad SMARTS) is 1. The Labute approximate surface area is 172 Å². The Morgan fingerprint density at radius 1 is 1.13 bits per heavy atom. The normalized spacial score (nSPS) is 18.3. The molecule has 160 valence electrons. The first kappa shape index (κ1) is 21.3. The summed E-state index contributed by atoms with van der Waals surface area (Å²) in [4.78, 5) is 60.4. The number of hydrogen-bond acceptors (Lipinski definition) is 6. The molecular weight excluding hydrogens is 394 g/mol. The lowest BCUT2D eigenvalue weighted by molar-refractivity contribution is -0.136. The molecule has 1 aromatic rings. The van der Waals surface area contributed by atoms with Crippen LogP contribution in [0.25, 0.3) is 0 Å². The van der Waals surface area contributed by atoms with Gasteiger partial charge in [-0.1, -0.05) is 18.9 Å². The zero-order valence-corrected chi connectivity index (χ0v) is 16.3. The predicted molar refractivity (Wildman–Crippen MR) is 103 cm³/mol. The van der Waals surface area contributed by atoms with E-state index in [4.69, 9.17) is 9.84 Å². The second kappa shape index (κ2) is 9.38. The largest absolute Gasteiger partial charge is 0.493 e. The summed E-state index contributed by atoms with van der Waals surface area (Å²) in [6.45, 7) is 0.734. The first-order valence-electron chi connectivity index (χ1n) is 9.84. The topological polar surface area (TPSA) is 142 Å². The van der Waals surface area contributed by atoms with Gasteiger partial charge in [0.25, 0.3) is 11.8 Å². The van der Waals surface area contributed by atoms with Crippen molar-refractivity contribution in [1.29, 1.82) is 0 Å². The number of unbranched alkanes of at least 4 members (excludes halogenated alkanes) is 3. The van der Waals surface area contributed by atoms with Gasteiger partial charge in [0.2, 0.25) is 11.8 Å². The first-order chi connectivity index (χ1) is 14.4. The number of nitrogens with one attached hydrogen (secondary N) is 2. The summed E-state index contributed by atoms with van der Waals surface area (Å²) >= 11 is 0. The molecule has 2 aliphatic rings. The SMILES string of the molecule is O=C(O)NCCCCCCOc1cccc2c1C(=O)N(C1CCC(=O)NC1=O)C2=O. The molecule has 2 aliphatic heterocycles. The van der Waals surface area contributed by atoms with E-state index in [-0.39, 0.29) is 29.7 Å². The van der Waals surface area contributed by atoms with Gasteiger partial charge in [0.15, 0.2) is 0 Å². The predicted octanol–water partition coefficient (Wildman–Crippen LogP) is 1.29. The Morgan fingerprint density at radius 2 is 1.90 bits per heavy atom. The van der Waals surface area contributed by atoms with Gasteiger partial charge in [-0.05, 0) is 31.4 Å². The molecule has 5 amide bonds. The van der Waals surface area contributed by atoms with E-state index < -0.39 is 35.8 Å². The summed E-state index contributed by atoms with van der Waals surface area (Å²) in [5.74, 6) is -1.95. The van der Waals surface area contributed by atoms with Crippen LogP contribution in [-0.2, 0) is 9.59 Å². The fourth-order valence-corrected chi connectivity index (χ4v) is 3.56. The van der Waals surface area contributed by atoms with Crippen LogP contribution < -0.4 is 15.4 Å². The fraction of sp³-hybridized carbons (Fsp3) is 0.450. The molecule has 1 unspecified atom stereocenters. The van der Waals surface area contributed by atoms with E-state index >= 15 is 0 Å². The smallest absolute Gasteiger partial charge is 0.404 e. The van der Waals surface area contributed by atoms with Gasteiger partial charge in [0.1, 0.15) is 11.8 Å². The van der Waals surface area contributed by atoms with E-state index in [9.17, 15) is 24.0 Å². The molecule has 3 N–H and O–H groups in total. The molecule has 1 fully saturated rings. The van der Waals surface area contributed by atoms with Crippen molar-refractivity contribution in [2.45, 2.75) is 44.6 Å². The van der Waals surface area contributed by atoms with Crippen molar-refractivity contribution in [3.8, 4) is 5.75 Å². The van der Waals surface area contributed by atoms with Crippen molar-refractivity contribution in [3.63, 3.8) is 0 Å². The molecule has 1 atom stereocenters. The maximum atomic E-state index is 12.9. The van der Waals surface area contributed by atoms with Gasteiger partial charge in [-0.3, -0.25) is 29.4 Å². The fourth-order valence-electron chi connectivity index (χ4n) is 3.56. The summed E-state index contributed by atoms with van der Waals surface area (Å²) in [6, 6.07) is 3.73. The van der Waals surface area contributed by atoms with Crippen molar-refractivity contribution < 1.29 is 33.8 Å². The van der Waals surface area contributed by atoms with E-state index in [1.54, 1.807) is 12.1 Å². The maximum Gasteiger partial charge on any atom is 0.404 e. The van der Waals surface area contributed by atoms with Crippen LogP contribution in [0, 0.1) is 0 Å². The lowest BCUT2D eigenvalue weighted by Crippen LogP contribution is -2.54. The minimum atomic E-state index is -1.04. The molecule has 30 heavy (non-hydrogen) atoms. The van der Waals surface area contributed by atoms with Crippen LogP contribution in [0.1, 0.15) is 59.2 Å². The number of nitrogens with zero attached hydrogens (tertiary/aromatic N) is 1. The number of rotatable bonds is 9. The molecule has 0 aromatic heterocycles. The quantitative estimate of drug-likeness (QED) is 0.406. The number of ether oxygens (including phenoxy) is 1. The van der Waals surface area contributed by atoms with Crippen LogP contribution in [0.5, 0.6) is 5.75 Å². The van der Waals surface area contributed by atoms with Crippen LogP contribution in [0.3, 0.4) is 0 Å². The van der Waals surface area contributed by atoms with Crippen molar-refractivity contribution in [3.05, 3.63) is 29.3 Å². The number of piperidine rings is 1. The van der Waals surface area contributed by atoms with E-state index in [0.29, 0.717) is 19.6 Å². The highest BCUT2D eigenvalue weighted by molar-refractivity contribution is 6.24. The van der Waals surface area contributed by atoms with Gasteiger partial charge < -0.3 is 15.2 Å². The van der Waals surface area contributed by atoms with Crippen LogP contribution in [0.4, 0.5) is 4.79 Å². The van der Waals surface area contributed by atoms with Gasteiger partial charge in [-0.25, -0.2) is 4.79 Å². The highest BCUT2D eigenvalue weighted by Crippen LogP contribution is 2.33. The van der Waals surface area contributed by atoms with Gasteiger partial charge in [-0.2, -0.15) is 0 Å². The van der Waals surface area contributed by atoms with E-state index in [1.807, 2.05) is 0 Å². The number of carbonyl (C=O) groups is 5. The Bertz CT molecular complexity index is 883. The molecule has 0 radical (unpaired) electrons. The second-order valence-electron chi connectivity index (χ2n) is 7.12. The molecule has 0 bridgehead atoms. The zero-order chi connectivity index (χ0) is 21.7. The molecule has 10 nitrogen and oxygen atoms in total. The number of benzene rings is 1. The first-order valence-corrected chi connectivity index (χ1v) is 9.84. The third-order valence-corrected chi connectivity index (χ3v) is 5.03. The summed E-state index contributed by atoms with van der Waals surface area (Å²) in [5, 5.41) is 13.0. The molecule has 2 heterocycles. The minimum Gasteiger partial charge on any atom is -0.493 e. The van der Waals surface area contributed by atoms with E-state index in [2.05, 4.69) is 10.6 Å². The Hall–Kier alpha value is -3.43. The van der Waals surface area contributed by atoms with Crippen molar-refractivity contribution in [1.82, 2.24) is 15.5 Å². The highest BCUT2D eigenvalue weighted by atomic mass is 16.5. The van der Waals surface area contributed by atoms with Crippen LogP contribution in [0.15, 0.2) is 18.2 Å². The lowest BCUT2D eigenvalue weighted by Gasteiger charge is -2.27. The lowest BCUT2D eigenvalue weighted by atomic mass is 10.0. The summed E-state index contributed by atoms with van der Waals surface area (Å²) < 4.78 is 5.73. The number of imide groups is 2. The van der Waals surface area contributed by atoms with E-state index in [1.165, 1.54) is 6.07 Å². The third kappa shape index (κ3) is 4.58.